The van der Waals surface area contributed by atoms with E-state index in [4.69, 9.17) is 0 Å². The molecule has 1 aromatic rings. The Kier molecular flexibility index (Phi) is 3.79. The highest BCUT2D eigenvalue weighted by molar-refractivity contribution is 9.10. The average molecular weight is 319 g/mol. The van der Waals surface area contributed by atoms with Crippen molar-refractivity contribution in [1.82, 2.24) is 0 Å². The van der Waals surface area contributed by atoms with Gasteiger partial charge in [0.25, 0.3) is 0 Å². The lowest BCUT2D eigenvalue weighted by Gasteiger charge is -2.45. The van der Waals surface area contributed by atoms with E-state index in [-0.39, 0.29) is 0 Å². The minimum Gasteiger partial charge on any atom is -0.367 e. The lowest BCUT2D eigenvalue weighted by molar-refractivity contribution is 0.244. The van der Waals surface area contributed by atoms with Crippen molar-refractivity contribution < 1.29 is 0 Å². The topological polar surface area (TPSA) is 27.0 Å². The summed E-state index contributed by atoms with van der Waals surface area (Å²) in [5.41, 5.74) is 1.95. The predicted molar refractivity (Wildman–Crippen MR) is 81.2 cm³/mol. The molecule has 1 saturated heterocycles. The van der Waals surface area contributed by atoms with Crippen LogP contribution in [0.15, 0.2) is 22.7 Å². The second-order valence-corrected chi connectivity index (χ2v) is 6.64. The summed E-state index contributed by atoms with van der Waals surface area (Å²) in [7, 11) is 0. The van der Waals surface area contributed by atoms with Crippen LogP contribution >= 0.6 is 15.9 Å². The molecule has 1 aromatic carbocycles. The third-order valence-electron chi connectivity index (χ3n) is 4.63. The smallest absolute Gasteiger partial charge is 0.101 e. The van der Waals surface area contributed by atoms with Gasteiger partial charge in [0, 0.05) is 17.1 Å². The van der Waals surface area contributed by atoms with E-state index in [2.05, 4.69) is 33.0 Å². The first kappa shape index (κ1) is 13.0. The fourth-order valence-electron chi connectivity index (χ4n) is 3.76. The Hall–Kier alpha value is -1.01. The zero-order chi connectivity index (χ0) is 13.2. The molecule has 1 saturated carbocycles. The molecule has 0 unspecified atom stereocenters. The number of hydrogen-bond donors (Lipinski definition) is 0. The zero-order valence-corrected chi connectivity index (χ0v) is 12.7. The third-order valence-corrected chi connectivity index (χ3v) is 5.13. The summed E-state index contributed by atoms with van der Waals surface area (Å²) in [4.78, 5) is 2.51. The van der Waals surface area contributed by atoms with Crippen LogP contribution in [0.25, 0.3) is 0 Å². The molecule has 0 spiro atoms. The fraction of sp³-hybridized carbons (Fsp3) is 0.562. The molecule has 1 heterocycles. The first-order valence-electron chi connectivity index (χ1n) is 7.26. The maximum absolute atomic E-state index is 9.34. The standard InChI is InChI=1S/C16H19BrN2/c17-14-8-7-13(11-18)16(10-14)19-9-3-5-12-4-1-2-6-15(12)19/h7-8,10,12,15H,1-6,9H2/t12-,15-/m1/s1. The minimum absolute atomic E-state index is 0.656. The Morgan fingerprint density at radius 3 is 2.79 bits per heavy atom. The Bertz CT molecular complexity index is 504. The van der Waals surface area contributed by atoms with E-state index in [0.29, 0.717) is 6.04 Å². The summed E-state index contributed by atoms with van der Waals surface area (Å²) in [5.74, 6) is 0.841. The van der Waals surface area contributed by atoms with E-state index in [1.54, 1.807) is 0 Å². The van der Waals surface area contributed by atoms with Crippen LogP contribution in [0.4, 0.5) is 5.69 Å². The lowest BCUT2D eigenvalue weighted by Crippen LogP contribution is -2.47. The van der Waals surface area contributed by atoms with Crippen LogP contribution in [0.5, 0.6) is 0 Å². The molecule has 2 atom stereocenters. The van der Waals surface area contributed by atoms with Crippen LogP contribution in [0.1, 0.15) is 44.1 Å². The number of nitriles is 1. The van der Waals surface area contributed by atoms with Crippen molar-refractivity contribution in [2.45, 2.75) is 44.6 Å². The largest absolute Gasteiger partial charge is 0.367 e. The summed E-state index contributed by atoms with van der Waals surface area (Å²) in [6, 6.07) is 9.03. The van der Waals surface area contributed by atoms with E-state index < -0.39 is 0 Å². The van der Waals surface area contributed by atoms with Crippen LogP contribution in [0, 0.1) is 17.2 Å². The van der Waals surface area contributed by atoms with Crippen molar-refractivity contribution in [3.63, 3.8) is 0 Å². The van der Waals surface area contributed by atoms with E-state index in [9.17, 15) is 5.26 Å². The molecule has 0 aromatic heterocycles. The molecule has 0 bridgehead atoms. The van der Waals surface area contributed by atoms with Gasteiger partial charge in [-0.25, -0.2) is 0 Å². The van der Waals surface area contributed by atoms with Crippen molar-refractivity contribution >= 4 is 21.6 Å². The second kappa shape index (κ2) is 5.54. The van der Waals surface area contributed by atoms with Crippen molar-refractivity contribution in [2.75, 3.05) is 11.4 Å². The summed E-state index contributed by atoms with van der Waals surface area (Å²) >= 11 is 3.54. The Balaban J connectivity index is 1.96. The first-order chi connectivity index (χ1) is 9.29. The van der Waals surface area contributed by atoms with Crippen molar-refractivity contribution in [1.29, 1.82) is 5.26 Å². The van der Waals surface area contributed by atoms with Crippen molar-refractivity contribution in [2.24, 2.45) is 5.92 Å². The normalized spacial score (nSPS) is 26.6. The molecule has 0 N–H and O–H groups in total. The van der Waals surface area contributed by atoms with Gasteiger partial charge < -0.3 is 4.90 Å². The lowest BCUT2D eigenvalue weighted by atomic mass is 9.78. The molecule has 1 aliphatic heterocycles. The van der Waals surface area contributed by atoms with E-state index in [1.165, 1.54) is 38.5 Å². The number of anilines is 1. The van der Waals surface area contributed by atoms with Gasteiger partial charge in [0.1, 0.15) is 6.07 Å². The van der Waals surface area contributed by atoms with E-state index in [0.717, 1.165) is 28.2 Å². The molecular formula is C16H19BrN2. The van der Waals surface area contributed by atoms with E-state index in [1.807, 2.05) is 12.1 Å². The molecule has 1 aliphatic carbocycles. The van der Waals surface area contributed by atoms with Gasteiger partial charge in [-0.05, 0) is 49.8 Å². The summed E-state index contributed by atoms with van der Waals surface area (Å²) in [6.07, 6.45) is 8.03. The van der Waals surface area contributed by atoms with Crippen LogP contribution in [0.2, 0.25) is 0 Å². The molecule has 0 radical (unpaired) electrons. The quantitative estimate of drug-likeness (QED) is 0.763. The van der Waals surface area contributed by atoms with Gasteiger partial charge >= 0.3 is 0 Å². The molecule has 100 valence electrons. The second-order valence-electron chi connectivity index (χ2n) is 5.72. The molecule has 19 heavy (non-hydrogen) atoms. The first-order valence-corrected chi connectivity index (χ1v) is 8.05. The monoisotopic (exact) mass is 318 g/mol. The summed E-state index contributed by atoms with van der Waals surface area (Å²) in [5, 5.41) is 9.34. The Morgan fingerprint density at radius 1 is 1.16 bits per heavy atom. The third kappa shape index (κ3) is 2.51. The van der Waals surface area contributed by atoms with Gasteiger partial charge in [0.15, 0.2) is 0 Å². The summed E-state index contributed by atoms with van der Waals surface area (Å²) < 4.78 is 1.07. The minimum atomic E-state index is 0.656. The Morgan fingerprint density at radius 2 is 1.95 bits per heavy atom. The molecule has 3 rings (SSSR count). The van der Waals surface area contributed by atoms with Crippen LogP contribution in [-0.4, -0.2) is 12.6 Å². The molecular weight excluding hydrogens is 300 g/mol. The number of halogens is 1. The molecule has 0 amide bonds. The SMILES string of the molecule is N#Cc1ccc(Br)cc1N1CCC[C@H]2CCCC[C@H]21. The molecule has 2 nitrogen and oxygen atoms in total. The summed E-state index contributed by atoms with van der Waals surface area (Å²) in [6.45, 7) is 1.10. The van der Waals surface area contributed by atoms with Crippen LogP contribution in [-0.2, 0) is 0 Å². The maximum Gasteiger partial charge on any atom is 0.101 e. The average Bonchev–Trinajstić information content (AvgIpc) is 2.46. The van der Waals surface area contributed by atoms with Gasteiger partial charge in [-0.15, -0.1) is 0 Å². The van der Waals surface area contributed by atoms with Gasteiger partial charge in [-0.3, -0.25) is 0 Å². The molecule has 2 aliphatic rings. The van der Waals surface area contributed by atoms with Crippen LogP contribution < -0.4 is 4.90 Å². The number of rotatable bonds is 1. The van der Waals surface area contributed by atoms with Crippen LogP contribution in [0.3, 0.4) is 0 Å². The number of nitrogens with zero attached hydrogens (tertiary/aromatic N) is 2. The molecule has 2 fully saturated rings. The highest BCUT2D eigenvalue weighted by Gasteiger charge is 2.34. The van der Waals surface area contributed by atoms with Crippen molar-refractivity contribution in [3.05, 3.63) is 28.2 Å². The fourth-order valence-corrected chi connectivity index (χ4v) is 4.11. The maximum atomic E-state index is 9.34. The van der Waals surface area contributed by atoms with Gasteiger partial charge in [-0.1, -0.05) is 28.8 Å². The predicted octanol–water partition coefficient (Wildman–Crippen LogP) is 4.48. The van der Waals surface area contributed by atoms with Gasteiger partial charge in [0.2, 0.25) is 0 Å². The van der Waals surface area contributed by atoms with E-state index >= 15 is 0 Å². The highest BCUT2D eigenvalue weighted by atomic mass is 79.9. The van der Waals surface area contributed by atoms with Gasteiger partial charge in [0.05, 0.1) is 11.3 Å². The van der Waals surface area contributed by atoms with Gasteiger partial charge in [-0.2, -0.15) is 5.26 Å². The molecule has 3 heteroatoms. The Labute approximate surface area is 123 Å². The number of piperidine rings is 1. The highest BCUT2D eigenvalue weighted by Crippen LogP contribution is 2.39. The van der Waals surface area contributed by atoms with Crippen molar-refractivity contribution in [3.8, 4) is 6.07 Å². The number of benzene rings is 1. The zero-order valence-electron chi connectivity index (χ0n) is 11.1. The number of fused-ring (bicyclic) bond motifs is 1. The number of hydrogen-bond acceptors (Lipinski definition) is 2.